The van der Waals surface area contributed by atoms with Crippen LogP contribution >= 0.6 is 11.8 Å². The van der Waals surface area contributed by atoms with E-state index in [1.54, 1.807) is 48.5 Å². The van der Waals surface area contributed by atoms with E-state index in [0.29, 0.717) is 11.3 Å². The number of nitrogens with zero attached hydrogens (tertiary/aromatic N) is 2. The first kappa shape index (κ1) is 24.3. The van der Waals surface area contributed by atoms with E-state index in [1.165, 1.54) is 6.26 Å². The molecule has 1 saturated heterocycles. The zero-order valence-corrected chi connectivity index (χ0v) is 20.2. The smallest absolute Gasteiger partial charge is 0.253 e. The molecule has 32 heavy (non-hydrogen) atoms. The van der Waals surface area contributed by atoms with Crippen LogP contribution in [0.15, 0.2) is 53.4 Å². The van der Waals surface area contributed by atoms with Gasteiger partial charge in [0.2, 0.25) is 5.91 Å². The standard InChI is InChI=1S/C23H29N3O4S2/c1-17(18-7-9-21(10-8-18)32(3,29)30)25(2)16-22(27)24-20-6-4-5-19(15-20)23(28)26-11-13-31-14-12-26/h4-10,15,17H,11-14,16H2,1-3H3,(H,24,27). The lowest BCUT2D eigenvalue weighted by Crippen LogP contribution is -2.37. The molecule has 2 aromatic rings. The van der Waals surface area contributed by atoms with Crippen molar-refractivity contribution in [2.75, 3.05) is 49.8 Å². The number of likely N-dealkylation sites (N-methyl/N-ethyl adjacent to an activating group) is 1. The predicted octanol–water partition coefficient (Wildman–Crippen LogP) is 2.91. The van der Waals surface area contributed by atoms with E-state index < -0.39 is 9.84 Å². The van der Waals surface area contributed by atoms with E-state index in [9.17, 15) is 18.0 Å². The summed E-state index contributed by atoms with van der Waals surface area (Å²) in [5, 5.41) is 2.87. The third-order valence-electron chi connectivity index (χ3n) is 5.54. The number of sulfone groups is 1. The fourth-order valence-corrected chi connectivity index (χ4v) is 5.02. The van der Waals surface area contributed by atoms with Crippen LogP contribution in [0.1, 0.15) is 28.9 Å². The van der Waals surface area contributed by atoms with Gasteiger partial charge in [0.05, 0.1) is 11.4 Å². The third kappa shape index (κ3) is 6.34. The van der Waals surface area contributed by atoms with Crippen LogP contribution in [0.5, 0.6) is 0 Å². The van der Waals surface area contributed by atoms with E-state index in [1.807, 2.05) is 35.5 Å². The Balaban J connectivity index is 1.59. The molecule has 0 aromatic heterocycles. The van der Waals surface area contributed by atoms with Gasteiger partial charge < -0.3 is 10.2 Å². The zero-order valence-electron chi connectivity index (χ0n) is 18.6. The molecule has 0 radical (unpaired) electrons. The summed E-state index contributed by atoms with van der Waals surface area (Å²) in [5.74, 6) is 1.70. The molecular formula is C23H29N3O4S2. The molecule has 1 atom stereocenters. The minimum Gasteiger partial charge on any atom is -0.337 e. The monoisotopic (exact) mass is 475 g/mol. The molecule has 2 aromatic carbocycles. The fraction of sp³-hybridized carbons (Fsp3) is 0.391. The number of hydrogen-bond donors (Lipinski definition) is 1. The molecule has 0 spiro atoms. The van der Waals surface area contributed by atoms with Gasteiger partial charge in [-0.05, 0) is 49.9 Å². The molecule has 0 saturated carbocycles. The molecule has 9 heteroatoms. The van der Waals surface area contributed by atoms with Crippen LogP contribution < -0.4 is 5.32 Å². The maximum absolute atomic E-state index is 12.7. The Bertz CT molecular complexity index is 1060. The van der Waals surface area contributed by atoms with Crippen molar-refractivity contribution in [3.63, 3.8) is 0 Å². The first-order valence-electron chi connectivity index (χ1n) is 10.4. The van der Waals surface area contributed by atoms with Crippen molar-refractivity contribution in [2.45, 2.75) is 17.9 Å². The Hall–Kier alpha value is -2.36. The molecule has 172 valence electrons. The van der Waals surface area contributed by atoms with E-state index in [2.05, 4.69) is 5.32 Å². The van der Waals surface area contributed by atoms with E-state index in [-0.39, 0.29) is 29.3 Å². The molecule has 1 unspecified atom stereocenters. The Morgan fingerprint density at radius 3 is 2.41 bits per heavy atom. The van der Waals surface area contributed by atoms with Gasteiger partial charge in [0, 0.05) is 48.1 Å². The molecule has 0 bridgehead atoms. The molecule has 1 fully saturated rings. The van der Waals surface area contributed by atoms with Crippen molar-refractivity contribution in [1.82, 2.24) is 9.80 Å². The minimum absolute atomic E-state index is 0.00956. The summed E-state index contributed by atoms with van der Waals surface area (Å²) >= 11 is 1.85. The number of benzene rings is 2. The first-order valence-corrected chi connectivity index (χ1v) is 13.5. The third-order valence-corrected chi connectivity index (χ3v) is 7.61. The fourth-order valence-electron chi connectivity index (χ4n) is 3.49. The molecule has 0 aliphatic carbocycles. The van der Waals surface area contributed by atoms with Crippen LogP contribution in [-0.2, 0) is 14.6 Å². The highest BCUT2D eigenvalue weighted by molar-refractivity contribution is 7.99. The molecule has 3 rings (SSSR count). The highest BCUT2D eigenvalue weighted by Crippen LogP contribution is 2.21. The van der Waals surface area contributed by atoms with Crippen LogP contribution in [0.4, 0.5) is 5.69 Å². The average molecular weight is 476 g/mol. The molecule has 1 heterocycles. The van der Waals surface area contributed by atoms with Crippen LogP contribution in [0.25, 0.3) is 0 Å². The van der Waals surface area contributed by atoms with Crippen molar-refractivity contribution < 1.29 is 18.0 Å². The van der Waals surface area contributed by atoms with Crippen molar-refractivity contribution >= 4 is 39.1 Å². The van der Waals surface area contributed by atoms with Gasteiger partial charge in [-0.25, -0.2) is 8.42 Å². The lowest BCUT2D eigenvalue weighted by Gasteiger charge is -2.26. The zero-order chi connectivity index (χ0) is 23.3. The Morgan fingerprint density at radius 2 is 1.78 bits per heavy atom. The topological polar surface area (TPSA) is 86.8 Å². The van der Waals surface area contributed by atoms with Gasteiger partial charge in [0.25, 0.3) is 5.91 Å². The van der Waals surface area contributed by atoms with E-state index >= 15 is 0 Å². The van der Waals surface area contributed by atoms with E-state index in [4.69, 9.17) is 0 Å². The summed E-state index contributed by atoms with van der Waals surface area (Å²) in [5.41, 5.74) is 2.08. The Morgan fingerprint density at radius 1 is 1.12 bits per heavy atom. The second-order valence-corrected chi connectivity index (χ2v) is 11.2. The summed E-state index contributed by atoms with van der Waals surface area (Å²) in [7, 11) is -1.41. The van der Waals surface area contributed by atoms with Gasteiger partial charge in [-0.2, -0.15) is 11.8 Å². The number of anilines is 1. The minimum atomic E-state index is -3.24. The number of carbonyl (C=O) groups excluding carboxylic acids is 2. The van der Waals surface area contributed by atoms with Crippen molar-refractivity contribution in [3.05, 3.63) is 59.7 Å². The number of thioether (sulfide) groups is 1. The normalized spacial score (nSPS) is 15.4. The molecule has 1 N–H and O–H groups in total. The van der Waals surface area contributed by atoms with Crippen molar-refractivity contribution in [3.8, 4) is 0 Å². The highest BCUT2D eigenvalue weighted by atomic mass is 32.2. The second-order valence-electron chi connectivity index (χ2n) is 7.97. The van der Waals surface area contributed by atoms with Gasteiger partial charge in [-0.3, -0.25) is 14.5 Å². The number of rotatable bonds is 7. The van der Waals surface area contributed by atoms with Crippen LogP contribution in [0.2, 0.25) is 0 Å². The van der Waals surface area contributed by atoms with Gasteiger partial charge in [-0.15, -0.1) is 0 Å². The molecule has 7 nitrogen and oxygen atoms in total. The van der Waals surface area contributed by atoms with Gasteiger partial charge in [0.15, 0.2) is 9.84 Å². The summed E-state index contributed by atoms with van der Waals surface area (Å²) in [4.78, 5) is 29.3. The van der Waals surface area contributed by atoms with Gasteiger partial charge >= 0.3 is 0 Å². The quantitative estimate of drug-likeness (QED) is 0.663. The second kappa shape index (κ2) is 10.5. The van der Waals surface area contributed by atoms with Crippen LogP contribution in [0.3, 0.4) is 0 Å². The van der Waals surface area contributed by atoms with E-state index in [0.717, 1.165) is 30.2 Å². The van der Waals surface area contributed by atoms with Crippen LogP contribution in [0, 0.1) is 0 Å². The first-order chi connectivity index (χ1) is 15.1. The summed E-state index contributed by atoms with van der Waals surface area (Å²) in [6.07, 6.45) is 1.18. The SMILES string of the molecule is CC(c1ccc(S(C)(=O)=O)cc1)N(C)CC(=O)Nc1cccc(C(=O)N2CCSCC2)c1. The molecule has 1 aliphatic heterocycles. The summed E-state index contributed by atoms with van der Waals surface area (Å²) in [6.45, 7) is 3.59. The molecular weight excluding hydrogens is 446 g/mol. The van der Waals surface area contributed by atoms with Gasteiger partial charge in [0.1, 0.15) is 0 Å². The number of nitrogens with one attached hydrogen (secondary N) is 1. The summed E-state index contributed by atoms with van der Waals surface area (Å²) < 4.78 is 23.3. The molecule has 2 amide bonds. The molecule has 1 aliphatic rings. The number of hydrogen-bond acceptors (Lipinski definition) is 6. The van der Waals surface area contributed by atoms with Gasteiger partial charge in [-0.1, -0.05) is 18.2 Å². The number of amides is 2. The summed E-state index contributed by atoms with van der Waals surface area (Å²) in [6, 6.07) is 13.7. The number of carbonyl (C=O) groups is 2. The Kier molecular flexibility index (Phi) is 7.97. The Labute approximate surface area is 194 Å². The van der Waals surface area contributed by atoms with Crippen molar-refractivity contribution in [2.24, 2.45) is 0 Å². The lowest BCUT2D eigenvalue weighted by molar-refractivity contribution is -0.117. The van der Waals surface area contributed by atoms with Crippen molar-refractivity contribution in [1.29, 1.82) is 0 Å². The lowest BCUT2D eigenvalue weighted by atomic mass is 10.1. The average Bonchev–Trinajstić information content (AvgIpc) is 2.78. The largest absolute Gasteiger partial charge is 0.337 e. The maximum atomic E-state index is 12.7. The van der Waals surface area contributed by atoms with Crippen LogP contribution in [-0.4, -0.2) is 74.5 Å². The maximum Gasteiger partial charge on any atom is 0.253 e. The predicted molar refractivity (Wildman–Crippen MR) is 129 cm³/mol. The highest BCUT2D eigenvalue weighted by Gasteiger charge is 2.20.